The van der Waals surface area contributed by atoms with E-state index in [1.165, 1.54) is 6.07 Å². The largest absolute Gasteiger partial charge is 0.377 e. The number of urea groups is 1. The number of nitro benzene ring substituents is 1. The van der Waals surface area contributed by atoms with Gasteiger partial charge >= 0.3 is 6.03 Å². The van der Waals surface area contributed by atoms with Crippen LogP contribution in [0.15, 0.2) is 22.7 Å². The molecule has 0 aromatic heterocycles. The zero-order chi connectivity index (χ0) is 14.7. The van der Waals surface area contributed by atoms with Crippen LogP contribution in [0.4, 0.5) is 16.2 Å². The predicted molar refractivity (Wildman–Crippen MR) is 78.6 cm³/mol. The third-order valence-electron chi connectivity index (χ3n) is 3.32. The van der Waals surface area contributed by atoms with Crippen LogP contribution in [0.1, 0.15) is 12.8 Å². The lowest BCUT2D eigenvalue weighted by molar-refractivity contribution is -0.384. The van der Waals surface area contributed by atoms with Gasteiger partial charge in [-0.15, -0.1) is 0 Å². The van der Waals surface area contributed by atoms with E-state index in [1.54, 1.807) is 17.0 Å². The van der Waals surface area contributed by atoms with Crippen molar-refractivity contribution in [3.05, 3.63) is 32.8 Å². The van der Waals surface area contributed by atoms with Gasteiger partial charge in [0.05, 0.1) is 4.92 Å². The predicted octanol–water partition coefficient (Wildman–Crippen LogP) is 2.31. The number of benzene rings is 1. The number of carbonyl (C=O) groups is 1. The molecule has 1 aromatic carbocycles. The Morgan fingerprint density at radius 1 is 1.45 bits per heavy atom. The highest BCUT2D eigenvalue weighted by Crippen LogP contribution is 2.29. The molecule has 0 unspecified atom stereocenters. The summed E-state index contributed by atoms with van der Waals surface area (Å²) in [5.41, 5.74) is 5.75. The first-order valence-corrected chi connectivity index (χ1v) is 7.01. The van der Waals surface area contributed by atoms with Crippen molar-refractivity contribution < 1.29 is 9.72 Å². The second-order valence-electron chi connectivity index (χ2n) is 4.66. The molecule has 3 N–H and O–H groups in total. The highest BCUT2D eigenvalue weighted by atomic mass is 79.9. The Bertz CT molecular complexity index is 529. The molecule has 1 fully saturated rings. The zero-order valence-electron chi connectivity index (χ0n) is 10.7. The molecule has 1 heterocycles. The first-order chi connectivity index (χ1) is 9.47. The monoisotopic (exact) mass is 342 g/mol. The number of hydrogen-bond acceptors (Lipinski definition) is 4. The van der Waals surface area contributed by atoms with Crippen LogP contribution in [0.2, 0.25) is 0 Å². The van der Waals surface area contributed by atoms with Gasteiger partial charge in [-0.25, -0.2) is 4.79 Å². The van der Waals surface area contributed by atoms with Crippen molar-refractivity contribution >= 4 is 33.3 Å². The number of halogens is 1. The van der Waals surface area contributed by atoms with E-state index < -0.39 is 11.0 Å². The van der Waals surface area contributed by atoms with Gasteiger partial charge in [0, 0.05) is 29.7 Å². The van der Waals surface area contributed by atoms with E-state index in [9.17, 15) is 14.9 Å². The average molecular weight is 343 g/mol. The quantitative estimate of drug-likeness (QED) is 0.649. The number of amides is 2. The van der Waals surface area contributed by atoms with Crippen molar-refractivity contribution in [3.63, 3.8) is 0 Å². The number of hydrogen-bond donors (Lipinski definition) is 2. The summed E-state index contributed by atoms with van der Waals surface area (Å²) in [5.74, 6) is 0. The molecular weight excluding hydrogens is 328 g/mol. The van der Waals surface area contributed by atoms with Crippen molar-refractivity contribution in [2.45, 2.75) is 18.9 Å². The van der Waals surface area contributed by atoms with Gasteiger partial charge in [-0.3, -0.25) is 10.1 Å². The number of piperidine rings is 1. The van der Waals surface area contributed by atoms with Crippen molar-refractivity contribution in [1.82, 2.24) is 4.90 Å². The second-order valence-corrected chi connectivity index (χ2v) is 5.58. The van der Waals surface area contributed by atoms with Crippen LogP contribution in [0.5, 0.6) is 0 Å². The third kappa shape index (κ3) is 3.38. The lowest BCUT2D eigenvalue weighted by atomic mass is 10.0. The number of nitro groups is 1. The molecule has 0 radical (unpaired) electrons. The zero-order valence-corrected chi connectivity index (χ0v) is 12.3. The lowest BCUT2D eigenvalue weighted by Gasteiger charge is -2.31. The molecule has 1 aromatic rings. The van der Waals surface area contributed by atoms with Crippen LogP contribution in [-0.2, 0) is 0 Å². The Hall–Kier alpha value is -1.83. The van der Waals surface area contributed by atoms with Gasteiger partial charge in [-0.2, -0.15) is 0 Å². The molecule has 2 amide bonds. The van der Waals surface area contributed by atoms with E-state index in [1.807, 2.05) is 0 Å². The third-order valence-corrected chi connectivity index (χ3v) is 3.82. The van der Waals surface area contributed by atoms with Crippen LogP contribution in [0, 0.1) is 10.1 Å². The number of nitrogens with one attached hydrogen (secondary N) is 1. The van der Waals surface area contributed by atoms with Gasteiger partial charge in [0.2, 0.25) is 0 Å². The summed E-state index contributed by atoms with van der Waals surface area (Å²) >= 11 is 3.22. The number of nitrogens with zero attached hydrogens (tertiary/aromatic N) is 2. The summed E-state index contributed by atoms with van der Waals surface area (Å²) in [5, 5.41) is 14.2. The summed E-state index contributed by atoms with van der Waals surface area (Å²) in [6.45, 7) is 1.13. The first kappa shape index (κ1) is 14.6. The molecular formula is C12H15BrN4O3. The second kappa shape index (κ2) is 6.08. The Balaban J connectivity index is 2.04. The van der Waals surface area contributed by atoms with Gasteiger partial charge in [0.15, 0.2) is 0 Å². The van der Waals surface area contributed by atoms with Crippen LogP contribution in [-0.4, -0.2) is 35.0 Å². The number of carbonyl (C=O) groups excluding carboxylic acids is 1. The van der Waals surface area contributed by atoms with Gasteiger partial charge in [0.25, 0.3) is 5.69 Å². The molecule has 0 bridgehead atoms. The van der Waals surface area contributed by atoms with E-state index in [4.69, 9.17) is 5.73 Å². The van der Waals surface area contributed by atoms with E-state index >= 15 is 0 Å². The standard InChI is InChI=1S/C12H15BrN4O3/c13-8-1-2-10(11(7-8)17(19)20)15-9-3-5-16(6-4-9)12(14)18/h1-2,7,9,15H,3-6H2,(H2,14,18). The Morgan fingerprint density at radius 3 is 2.65 bits per heavy atom. The molecule has 1 aliphatic rings. The highest BCUT2D eigenvalue weighted by molar-refractivity contribution is 9.10. The van der Waals surface area contributed by atoms with Gasteiger partial charge in [0.1, 0.15) is 5.69 Å². The summed E-state index contributed by atoms with van der Waals surface area (Å²) in [6, 6.07) is 4.60. The van der Waals surface area contributed by atoms with Crippen LogP contribution >= 0.6 is 15.9 Å². The molecule has 7 nitrogen and oxygen atoms in total. The van der Waals surface area contributed by atoms with E-state index in [0.29, 0.717) is 23.2 Å². The van der Waals surface area contributed by atoms with Crippen molar-refractivity contribution in [3.8, 4) is 0 Å². The van der Waals surface area contributed by atoms with Crippen molar-refractivity contribution in [2.24, 2.45) is 5.73 Å². The molecule has 1 saturated heterocycles. The van der Waals surface area contributed by atoms with Crippen LogP contribution < -0.4 is 11.1 Å². The normalized spacial score (nSPS) is 15.9. The number of primary amides is 1. The van der Waals surface area contributed by atoms with Crippen LogP contribution in [0.3, 0.4) is 0 Å². The molecule has 8 heteroatoms. The van der Waals surface area contributed by atoms with Gasteiger partial charge < -0.3 is 16.0 Å². The minimum atomic E-state index is -0.418. The summed E-state index contributed by atoms with van der Waals surface area (Å²) < 4.78 is 0.665. The maximum Gasteiger partial charge on any atom is 0.314 e. The molecule has 2 rings (SSSR count). The number of rotatable bonds is 3. The summed E-state index contributed by atoms with van der Waals surface area (Å²) in [7, 11) is 0. The fourth-order valence-corrected chi connectivity index (χ4v) is 2.59. The summed E-state index contributed by atoms with van der Waals surface area (Å²) in [6.07, 6.45) is 1.44. The topological polar surface area (TPSA) is 102 Å². The fourth-order valence-electron chi connectivity index (χ4n) is 2.24. The molecule has 108 valence electrons. The van der Waals surface area contributed by atoms with Crippen molar-refractivity contribution in [1.29, 1.82) is 0 Å². The first-order valence-electron chi connectivity index (χ1n) is 6.22. The Labute approximate surface area is 124 Å². The van der Waals surface area contributed by atoms with Crippen LogP contribution in [0.25, 0.3) is 0 Å². The SMILES string of the molecule is NC(=O)N1CCC(Nc2ccc(Br)cc2[N+](=O)[O-])CC1. The molecule has 1 aliphatic heterocycles. The fraction of sp³-hybridized carbons (Fsp3) is 0.417. The molecule has 0 spiro atoms. The van der Waals surface area contributed by atoms with Gasteiger partial charge in [-0.05, 0) is 25.0 Å². The molecule has 0 saturated carbocycles. The maximum atomic E-state index is 11.0. The maximum absolute atomic E-state index is 11.0. The number of nitrogens with two attached hydrogens (primary N) is 1. The average Bonchev–Trinajstić information content (AvgIpc) is 2.41. The van der Waals surface area contributed by atoms with Gasteiger partial charge in [-0.1, -0.05) is 15.9 Å². The Morgan fingerprint density at radius 2 is 2.10 bits per heavy atom. The Kier molecular flexibility index (Phi) is 4.43. The molecule has 20 heavy (non-hydrogen) atoms. The minimum Gasteiger partial charge on any atom is -0.377 e. The van der Waals surface area contributed by atoms with Crippen molar-refractivity contribution in [2.75, 3.05) is 18.4 Å². The number of anilines is 1. The van der Waals surface area contributed by atoms with E-state index in [2.05, 4.69) is 21.2 Å². The molecule has 0 aliphatic carbocycles. The number of likely N-dealkylation sites (tertiary alicyclic amines) is 1. The smallest absolute Gasteiger partial charge is 0.314 e. The molecule has 0 atom stereocenters. The summed E-state index contributed by atoms with van der Waals surface area (Å²) in [4.78, 5) is 23.2. The van der Waals surface area contributed by atoms with E-state index in [0.717, 1.165) is 12.8 Å². The lowest BCUT2D eigenvalue weighted by Crippen LogP contribution is -2.44. The van der Waals surface area contributed by atoms with E-state index in [-0.39, 0.29) is 11.7 Å². The minimum absolute atomic E-state index is 0.0386. The highest BCUT2D eigenvalue weighted by Gasteiger charge is 2.23.